The molecule has 0 bridgehead atoms. The summed E-state index contributed by atoms with van der Waals surface area (Å²) in [5.74, 6) is 1.84. The topological polar surface area (TPSA) is 75.6 Å². The van der Waals surface area contributed by atoms with Gasteiger partial charge in [0.1, 0.15) is 11.6 Å². The van der Waals surface area contributed by atoms with Crippen LogP contribution in [0.4, 0.5) is 5.82 Å². The van der Waals surface area contributed by atoms with Crippen molar-refractivity contribution in [1.29, 1.82) is 0 Å². The van der Waals surface area contributed by atoms with Crippen LogP contribution in [-0.2, 0) is 27.2 Å². The highest BCUT2D eigenvalue weighted by atomic mass is 16.5. The molecule has 2 aliphatic heterocycles. The first-order valence-corrected chi connectivity index (χ1v) is 11.0. The van der Waals surface area contributed by atoms with Crippen molar-refractivity contribution >= 4 is 17.6 Å². The number of amides is 2. The van der Waals surface area contributed by atoms with Gasteiger partial charge in [-0.1, -0.05) is 30.3 Å². The number of likely N-dealkylation sites (tertiary alicyclic amines) is 1. The van der Waals surface area contributed by atoms with Gasteiger partial charge in [-0.05, 0) is 31.7 Å². The minimum Gasteiger partial charge on any atom is -0.384 e. The fraction of sp³-hybridized carbons (Fsp3) is 0.500. The number of hydrogen-bond donors (Lipinski definition) is 0. The number of hydrogen-bond acceptors (Lipinski definition) is 5. The predicted molar refractivity (Wildman–Crippen MR) is 118 cm³/mol. The predicted octanol–water partition coefficient (Wildman–Crippen LogP) is 2.66. The molecule has 1 unspecified atom stereocenters. The largest absolute Gasteiger partial charge is 0.384 e. The van der Waals surface area contributed by atoms with Gasteiger partial charge in [0, 0.05) is 43.9 Å². The molecular weight excluding hydrogens is 392 g/mol. The van der Waals surface area contributed by atoms with E-state index in [1.807, 2.05) is 34.9 Å². The molecule has 1 fully saturated rings. The molecule has 1 aromatic heterocycles. The molecule has 3 heterocycles. The van der Waals surface area contributed by atoms with Gasteiger partial charge in [0.05, 0.1) is 19.4 Å². The summed E-state index contributed by atoms with van der Waals surface area (Å²) < 4.78 is 5.02. The van der Waals surface area contributed by atoms with Crippen molar-refractivity contribution in [2.45, 2.75) is 44.9 Å². The Morgan fingerprint density at radius 1 is 1.23 bits per heavy atom. The van der Waals surface area contributed by atoms with E-state index in [0.717, 1.165) is 42.2 Å². The Morgan fingerprint density at radius 2 is 2.03 bits per heavy atom. The summed E-state index contributed by atoms with van der Waals surface area (Å²) in [7, 11) is 1.61. The van der Waals surface area contributed by atoms with Gasteiger partial charge in [0.2, 0.25) is 11.8 Å². The fourth-order valence-electron chi connectivity index (χ4n) is 4.44. The number of fused-ring (bicyclic) bond motifs is 1. The van der Waals surface area contributed by atoms with Gasteiger partial charge < -0.3 is 9.64 Å². The number of carbonyl (C=O) groups excluding carboxylic acids is 2. The molecule has 1 aromatic carbocycles. The summed E-state index contributed by atoms with van der Waals surface area (Å²) in [5.41, 5.74) is 3.10. The van der Waals surface area contributed by atoms with E-state index in [1.54, 1.807) is 7.11 Å². The quantitative estimate of drug-likeness (QED) is 0.654. The molecule has 164 valence electrons. The summed E-state index contributed by atoms with van der Waals surface area (Å²) in [6.07, 6.45) is 3.44. The summed E-state index contributed by atoms with van der Waals surface area (Å²) in [6.45, 7) is 4.40. The Bertz CT molecular complexity index is 947. The molecule has 2 aromatic rings. The van der Waals surface area contributed by atoms with Crippen LogP contribution in [0.3, 0.4) is 0 Å². The zero-order chi connectivity index (χ0) is 21.8. The van der Waals surface area contributed by atoms with Crippen molar-refractivity contribution in [2.24, 2.45) is 0 Å². The molecule has 7 nitrogen and oxygen atoms in total. The smallest absolute Gasteiger partial charge is 0.232 e. The Hall–Kier alpha value is -2.80. The van der Waals surface area contributed by atoms with Gasteiger partial charge in [-0.25, -0.2) is 9.97 Å². The highest BCUT2D eigenvalue weighted by Crippen LogP contribution is 2.33. The minimum absolute atomic E-state index is 0.0976. The molecule has 1 atom stereocenters. The van der Waals surface area contributed by atoms with Crippen molar-refractivity contribution < 1.29 is 14.3 Å². The first kappa shape index (κ1) is 21.4. The van der Waals surface area contributed by atoms with E-state index >= 15 is 0 Å². The summed E-state index contributed by atoms with van der Waals surface area (Å²) in [4.78, 5) is 38.3. The van der Waals surface area contributed by atoms with Gasteiger partial charge in [0.15, 0.2) is 0 Å². The average molecular weight is 423 g/mol. The highest BCUT2D eigenvalue weighted by molar-refractivity contribution is 6.00. The Kier molecular flexibility index (Phi) is 6.61. The van der Waals surface area contributed by atoms with Crippen LogP contribution in [0.25, 0.3) is 0 Å². The SMILES string of the molecule is COCCC(=O)N1CCC(c2nc(C)c3c(n2)N(CCCc2ccccc2)C(=O)C3)C1. The lowest BCUT2D eigenvalue weighted by Gasteiger charge is -2.19. The van der Waals surface area contributed by atoms with Gasteiger partial charge in [0.25, 0.3) is 0 Å². The van der Waals surface area contributed by atoms with Crippen LogP contribution in [0.1, 0.15) is 47.8 Å². The zero-order valence-corrected chi connectivity index (χ0v) is 18.3. The summed E-state index contributed by atoms with van der Waals surface area (Å²) >= 11 is 0. The van der Waals surface area contributed by atoms with E-state index in [1.165, 1.54) is 5.56 Å². The first-order valence-electron chi connectivity index (χ1n) is 11.0. The molecule has 2 amide bonds. The molecule has 7 heteroatoms. The molecule has 2 aliphatic rings. The molecule has 0 spiro atoms. The third-order valence-electron chi connectivity index (χ3n) is 6.21. The van der Waals surface area contributed by atoms with Gasteiger partial charge in [-0.3, -0.25) is 14.5 Å². The van der Waals surface area contributed by atoms with Crippen LogP contribution < -0.4 is 4.90 Å². The number of benzene rings is 1. The maximum Gasteiger partial charge on any atom is 0.232 e. The third-order valence-corrected chi connectivity index (χ3v) is 6.21. The lowest BCUT2D eigenvalue weighted by molar-refractivity contribution is -0.131. The van der Waals surface area contributed by atoms with Gasteiger partial charge >= 0.3 is 0 Å². The molecular formula is C24H30N4O3. The number of aryl methyl sites for hydroxylation is 2. The van der Waals surface area contributed by atoms with Gasteiger partial charge in [-0.2, -0.15) is 0 Å². The Morgan fingerprint density at radius 3 is 2.81 bits per heavy atom. The molecule has 0 aliphatic carbocycles. The number of rotatable bonds is 8. The summed E-state index contributed by atoms with van der Waals surface area (Å²) in [6, 6.07) is 10.3. The molecule has 0 N–H and O–H groups in total. The lowest BCUT2D eigenvalue weighted by Crippen LogP contribution is -2.30. The number of methoxy groups -OCH3 is 1. The second-order valence-corrected chi connectivity index (χ2v) is 8.35. The van der Waals surface area contributed by atoms with E-state index in [0.29, 0.717) is 39.1 Å². The first-order chi connectivity index (χ1) is 15.1. The lowest BCUT2D eigenvalue weighted by atomic mass is 10.1. The number of carbonyl (C=O) groups is 2. The zero-order valence-electron chi connectivity index (χ0n) is 18.3. The van der Waals surface area contributed by atoms with E-state index in [4.69, 9.17) is 14.7 Å². The normalized spacial score (nSPS) is 18.0. The Labute approximate surface area is 183 Å². The van der Waals surface area contributed by atoms with E-state index in [9.17, 15) is 9.59 Å². The van der Waals surface area contributed by atoms with E-state index in [2.05, 4.69) is 12.1 Å². The average Bonchev–Trinajstić information content (AvgIpc) is 3.39. The maximum absolute atomic E-state index is 12.7. The van der Waals surface area contributed by atoms with Crippen LogP contribution in [0.5, 0.6) is 0 Å². The van der Waals surface area contributed by atoms with E-state index in [-0.39, 0.29) is 17.7 Å². The van der Waals surface area contributed by atoms with Crippen molar-refractivity contribution in [3.63, 3.8) is 0 Å². The van der Waals surface area contributed by atoms with Crippen LogP contribution in [-0.4, -0.2) is 60.0 Å². The monoisotopic (exact) mass is 422 g/mol. The van der Waals surface area contributed by atoms with Crippen LogP contribution in [0, 0.1) is 6.92 Å². The molecule has 4 rings (SSSR count). The third kappa shape index (κ3) is 4.77. The Balaban J connectivity index is 1.45. The van der Waals surface area contributed by atoms with Crippen molar-refractivity contribution in [2.75, 3.05) is 38.3 Å². The van der Waals surface area contributed by atoms with Gasteiger partial charge in [-0.15, -0.1) is 0 Å². The highest BCUT2D eigenvalue weighted by Gasteiger charge is 2.34. The number of aromatic nitrogens is 2. The maximum atomic E-state index is 12.7. The number of anilines is 1. The second-order valence-electron chi connectivity index (χ2n) is 8.35. The van der Waals surface area contributed by atoms with Crippen LogP contribution in [0.2, 0.25) is 0 Å². The minimum atomic E-state index is 0.0976. The fourth-order valence-corrected chi connectivity index (χ4v) is 4.44. The van der Waals surface area contributed by atoms with E-state index < -0.39 is 0 Å². The molecule has 1 saturated heterocycles. The second kappa shape index (κ2) is 9.56. The number of ether oxygens (including phenoxy) is 1. The van der Waals surface area contributed by atoms with Crippen molar-refractivity contribution in [3.8, 4) is 0 Å². The van der Waals surface area contributed by atoms with Crippen LogP contribution in [0.15, 0.2) is 30.3 Å². The van der Waals surface area contributed by atoms with Crippen molar-refractivity contribution in [3.05, 3.63) is 53.0 Å². The van der Waals surface area contributed by atoms with Crippen molar-refractivity contribution in [1.82, 2.24) is 14.9 Å². The number of nitrogens with zero attached hydrogens (tertiary/aromatic N) is 4. The molecule has 0 saturated carbocycles. The molecule has 31 heavy (non-hydrogen) atoms. The standard InChI is InChI=1S/C24H30N4O3/c1-17-20-15-22(30)28(12-6-9-18-7-4-3-5-8-18)24(20)26-23(25-17)19-10-13-27(16-19)21(29)11-14-31-2/h3-5,7-8,19H,6,9-16H2,1-2H3. The van der Waals surface area contributed by atoms with Crippen LogP contribution >= 0.6 is 0 Å². The summed E-state index contributed by atoms with van der Waals surface area (Å²) in [5, 5.41) is 0. The molecule has 0 radical (unpaired) electrons.